The van der Waals surface area contributed by atoms with E-state index in [-0.39, 0.29) is 0 Å². The quantitative estimate of drug-likeness (QED) is 0.777. The van der Waals surface area contributed by atoms with Crippen LogP contribution in [-0.2, 0) is 6.54 Å². The Morgan fingerprint density at radius 1 is 1.24 bits per heavy atom. The van der Waals surface area contributed by atoms with Crippen LogP contribution in [-0.4, -0.2) is 39.7 Å². The summed E-state index contributed by atoms with van der Waals surface area (Å²) >= 11 is 0. The van der Waals surface area contributed by atoms with Gasteiger partial charge in [0.1, 0.15) is 0 Å². The second-order valence-electron chi connectivity index (χ2n) is 6.94. The molecule has 0 aliphatic heterocycles. The maximum absolute atomic E-state index is 11.8. The maximum atomic E-state index is 11.8. The van der Waals surface area contributed by atoms with E-state index in [1.165, 1.54) is 0 Å². The Balaban J connectivity index is 1.81. The first-order valence-electron chi connectivity index (χ1n) is 8.44. The first kappa shape index (κ1) is 15.8. The number of pyridine rings is 1. The Morgan fingerprint density at radius 3 is 2.72 bits per heavy atom. The van der Waals surface area contributed by atoms with E-state index in [9.17, 15) is 4.79 Å². The van der Waals surface area contributed by atoms with E-state index >= 15 is 0 Å². The summed E-state index contributed by atoms with van der Waals surface area (Å²) < 4.78 is 1.94. The van der Waals surface area contributed by atoms with Gasteiger partial charge in [-0.25, -0.2) is 0 Å². The van der Waals surface area contributed by atoms with Crippen LogP contribution in [0.25, 0.3) is 22.0 Å². The van der Waals surface area contributed by atoms with E-state index in [1.54, 1.807) is 0 Å². The SMILES string of the molecule is CN(C)Cc1cncc(-c2ccc3c(c2)c(C(N)=O)nn3C2CC2)c1. The molecule has 2 aromatic heterocycles. The van der Waals surface area contributed by atoms with E-state index in [4.69, 9.17) is 5.73 Å². The fourth-order valence-electron chi connectivity index (χ4n) is 3.20. The first-order chi connectivity index (χ1) is 12.0. The zero-order valence-corrected chi connectivity index (χ0v) is 14.4. The molecule has 1 fully saturated rings. The Labute approximate surface area is 146 Å². The monoisotopic (exact) mass is 335 g/mol. The van der Waals surface area contributed by atoms with E-state index < -0.39 is 5.91 Å². The van der Waals surface area contributed by atoms with Crippen molar-refractivity contribution in [1.82, 2.24) is 19.7 Å². The number of primary amides is 1. The summed E-state index contributed by atoms with van der Waals surface area (Å²) in [5.41, 5.74) is 10.0. The van der Waals surface area contributed by atoms with Crippen molar-refractivity contribution in [3.63, 3.8) is 0 Å². The van der Waals surface area contributed by atoms with E-state index in [1.807, 2.05) is 43.3 Å². The smallest absolute Gasteiger partial charge is 0.269 e. The van der Waals surface area contributed by atoms with Crippen LogP contribution >= 0.6 is 0 Å². The van der Waals surface area contributed by atoms with Crippen LogP contribution < -0.4 is 5.73 Å². The van der Waals surface area contributed by atoms with Gasteiger partial charge in [0.25, 0.3) is 5.91 Å². The zero-order chi connectivity index (χ0) is 17.6. The lowest BCUT2D eigenvalue weighted by atomic mass is 10.0. The zero-order valence-electron chi connectivity index (χ0n) is 14.4. The molecule has 2 N–H and O–H groups in total. The highest BCUT2D eigenvalue weighted by Crippen LogP contribution is 2.38. The van der Waals surface area contributed by atoms with Gasteiger partial charge in [0, 0.05) is 29.9 Å². The van der Waals surface area contributed by atoms with Gasteiger partial charge in [0.2, 0.25) is 0 Å². The average molecular weight is 335 g/mol. The lowest BCUT2D eigenvalue weighted by Gasteiger charge is -2.10. The average Bonchev–Trinajstić information content (AvgIpc) is 3.34. The van der Waals surface area contributed by atoms with Crippen molar-refractivity contribution >= 4 is 16.8 Å². The van der Waals surface area contributed by atoms with Crippen LogP contribution in [0.15, 0.2) is 36.7 Å². The number of aromatic nitrogens is 3. The number of hydrogen-bond acceptors (Lipinski definition) is 4. The normalized spacial score (nSPS) is 14.4. The lowest BCUT2D eigenvalue weighted by Crippen LogP contribution is -2.12. The van der Waals surface area contributed by atoms with Gasteiger partial charge in [-0.05, 0) is 56.3 Å². The number of nitrogens with zero attached hydrogens (tertiary/aromatic N) is 4. The van der Waals surface area contributed by atoms with Gasteiger partial charge in [-0.3, -0.25) is 14.5 Å². The lowest BCUT2D eigenvalue weighted by molar-refractivity contribution is 0.0996. The summed E-state index contributed by atoms with van der Waals surface area (Å²) in [7, 11) is 4.06. The number of benzene rings is 1. The number of rotatable bonds is 5. The van der Waals surface area contributed by atoms with Gasteiger partial charge in [0.15, 0.2) is 5.69 Å². The predicted molar refractivity (Wildman–Crippen MR) is 97.1 cm³/mol. The van der Waals surface area contributed by atoms with Crippen molar-refractivity contribution in [1.29, 1.82) is 0 Å². The second-order valence-corrected chi connectivity index (χ2v) is 6.94. The summed E-state index contributed by atoms with van der Waals surface area (Å²) in [5.74, 6) is -0.485. The van der Waals surface area contributed by atoms with Crippen molar-refractivity contribution in [3.8, 4) is 11.1 Å². The summed E-state index contributed by atoms with van der Waals surface area (Å²) in [5, 5.41) is 5.28. The van der Waals surface area contributed by atoms with Crippen LogP contribution in [0.5, 0.6) is 0 Å². The molecule has 0 unspecified atom stereocenters. The van der Waals surface area contributed by atoms with Crippen molar-refractivity contribution in [2.45, 2.75) is 25.4 Å². The largest absolute Gasteiger partial charge is 0.364 e. The number of fused-ring (bicyclic) bond motifs is 1. The highest BCUT2D eigenvalue weighted by atomic mass is 16.1. The molecule has 1 saturated carbocycles. The molecule has 1 aliphatic carbocycles. The fraction of sp³-hybridized carbons (Fsp3) is 0.316. The Morgan fingerprint density at radius 2 is 2.04 bits per heavy atom. The Bertz CT molecular complexity index is 956. The predicted octanol–water partition coefficient (Wildman–Crippen LogP) is 2.59. The summed E-state index contributed by atoms with van der Waals surface area (Å²) in [6.07, 6.45) is 5.93. The molecule has 0 saturated heterocycles. The third kappa shape index (κ3) is 3.00. The molecule has 25 heavy (non-hydrogen) atoms. The molecular formula is C19H21N5O. The molecule has 0 radical (unpaired) electrons. The molecule has 6 nitrogen and oxygen atoms in total. The minimum atomic E-state index is -0.485. The number of hydrogen-bond donors (Lipinski definition) is 1. The third-order valence-corrected chi connectivity index (χ3v) is 4.46. The van der Waals surface area contributed by atoms with Crippen LogP contribution in [0, 0.1) is 0 Å². The standard InChI is InChI=1S/C19H21N5O/c1-23(2)11-12-7-14(10-21-9-12)13-3-6-17-16(8-13)18(19(20)25)22-24(17)15-4-5-15/h3,6-10,15H,4-5,11H2,1-2H3,(H2,20,25). The van der Waals surface area contributed by atoms with Crippen molar-refractivity contribution < 1.29 is 4.79 Å². The molecule has 1 aromatic carbocycles. The van der Waals surface area contributed by atoms with Crippen molar-refractivity contribution in [3.05, 3.63) is 47.9 Å². The van der Waals surface area contributed by atoms with Crippen LogP contribution in [0.3, 0.4) is 0 Å². The number of carbonyl (C=O) groups is 1. The molecule has 4 rings (SSSR count). The summed E-state index contributed by atoms with van der Waals surface area (Å²) in [6.45, 7) is 0.829. The number of amides is 1. The first-order valence-corrected chi connectivity index (χ1v) is 8.44. The van der Waals surface area contributed by atoms with Crippen molar-refractivity contribution in [2.24, 2.45) is 5.73 Å². The van der Waals surface area contributed by atoms with Crippen molar-refractivity contribution in [2.75, 3.05) is 14.1 Å². The van der Waals surface area contributed by atoms with Gasteiger partial charge < -0.3 is 10.6 Å². The van der Waals surface area contributed by atoms with Gasteiger partial charge in [0.05, 0.1) is 11.6 Å². The molecular weight excluding hydrogens is 314 g/mol. The third-order valence-electron chi connectivity index (χ3n) is 4.46. The Kier molecular flexibility index (Phi) is 3.77. The fourth-order valence-corrected chi connectivity index (χ4v) is 3.20. The molecule has 0 bridgehead atoms. The number of nitrogens with two attached hydrogens (primary N) is 1. The van der Waals surface area contributed by atoms with Crippen LogP contribution in [0.2, 0.25) is 0 Å². The van der Waals surface area contributed by atoms with Gasteiger partial charge in [-0.15, -0.1) is 0 Å². The van der Waals surface area contributed by atoms with Crippen LogP contribution in [0.4, 0.5) is 0 Å². The highest BCUT2D eigenvalue weighted by Gasteiger charge is 2.28. The molecule has 2 heterocycles. The summed E-state index contributed by atoms with van der Waals surface area (Å²) in [4.78, 5) is 18.3. The molecule has 3 aromatic rings. The van der Waals surface area contributed by atoms with E-state index in [2.05, 4.69) is 27.1 Å². The Hall–Kier alpha value is -2.73. The summed E-state index contributed by atoms with van der Waals surface area (Å²) in [6, 6.07) is 8.61. The molecule has 0 spiro atoms. The molecule has 128 valence electrons. The number of carbonyl (C=O) groups excluding carboxylic acids is 1. The topological polar surface area (TPSA) is 77.0 Å². The van der Waals surface area contributed by atoms with E-state index in [0.29, 0.717) is 11.7 Å². The molecule has 1 aliphatic rings. The minimum Gasteiger partial charge on any atom is -0.364 e. The highest BCUT2D eigenvalue weighted by molar-refractivity contribution is 6.05. The van der Waals surface area contributed by atoms with Crippen LogP contribution in [0.1, 0.15) is 34.9 Å². The van der Waals surface area contributed by atoms with Gasteiger partial charge in [-0.2, -0.15) is 5.10 Å². The molecule has 6 heteroatoms. The molecule has 0 atom stereocenters. The van der Waals surface area contributed by atoms with Gasteiger partial charge in [-0.1, -0.05) is 6.07 Å². The molecule has 1 amide bonds. The van der Waals surface area contributed by atoms with E-state index in [0.717, 1.165) is 47.0 Å². The minimum absolute atomic E-state index is 0.348. The maximum Gasteiger partial charge on any atom is 0.269 e. The van der Waals surface area contributed by atoms with Gasteiger partial charge >= 0.3 is 0 Å². The second kappa shape index (κ2) is 5.97.